The van der Waals surface area contributed by atoms with Crippen LogP contribution < -0.4 is 0 Å². The van der Waals surface area contributed by atoms with Crippen molar-refractivity contribution in [2.45, 2.75) is 13.5 Å². The number of rotatable bonds is 4. The molecule has 1 fully saturated rings. The normalized spacial score (nSPS) is 17.6. The Morgan fingerprint density at radius 3 is 2.42 bits per heavy atom. The molecule has 0 atom stereocenters. The molecule has 1 aliphatic heterocycles. The maximum absolute atomic E-state index is 9.04. The summed E-state index contributed by atoms with van der Waals surface area (Å²) in [6, 6.07) is 4.22. The summed E-state index contributed by atoms with van der Waals surface area (Å²) in [6.45, 7) is 8.06. The molecule has 5 heteroatoms. The molecule has 2 rings (SSSR count). The second kappa shape index (κ2) is 6.20. The minimum absolute atomic E-state index is 0.239. The van der Waals surface area contributed by atoms with Crippen LogP contribution in [0.3, 0.4) is 0 Å². The molecule has 104 valence electrons. The predicted octanol–water partition coefficient (Wildman–Crippen LogP) is 0.315. The van der Waals surface area contributed by atoms with Crippen molar-refractivity contribution < 1.29 is 5.11 Å². The average molecular weight is 262 g/mol. The zero-order valence-electron chi connectivity index (χ0n) is 11.8. The van der Waals surface area contributed by atoms with E-state index >= 15 is 0 Å². The predicted molar refractivity (Wildman–Crippen MR) is 73.7 cm³/mol. The molecule has 0 radical (unpaired) electrons. The van der Waals surface area contributed by atoms with Crippen LogP contribution in [0.5, 0.6) is 0 Å². The zero-order valence-corrected chi connectivity index (χ0v) is 11.8. The summed E-state index contributed by atoms with van der Waals surface area (Å²) < 4.78 is 1.96. The molecule has 1 aliphatic rings. The fraction of sp³-hybridized carbons (Fsp3) is 0.643. The molecule has 0 unspecified atom stereocenters. The summed E-state index contributed by atoms with van der Waals surface area (Å²) in [4.78, 5) is 4.70. The van der Waals surface area contributed by atoms with Crippen LogP contribution in [-0.2, 0) is 13.6 Å². The van der Waals surface area contributed by atoms with Gasteiger partial charge in [-0.2, -0.15) is 5.26 Å². The van der Waals surface area contributed by atoms with Crippen LogP contribution in [0.2, 0.25) is 0 Å². The van der Waals surface area contributed by atoms with Crippen molar-refractivity contribution >= 4 is 0 Å². The molecule has 19 heavy (non-hydrogen) atoms. The number of aliphatic hydroxyl groups excluding tert-OH is 1. The summed E-state index contributed by atoms with van der Waals surface area (Å²) in [5.74, 6) is 0. The van der Waals surface area contributed by atoms with E-state index in [9.17, 15) is 0 Å². The molecule has 2 heterocycles. The summed E-state index contributed by atoms with van der Waals surface area (Å²) in [6.07, 6.45) is 0. The molecule has 0 aliphatic carbocycles. The van der Waals surface area contributed by atoms with Crippen LogP contribution in [0.4, 0.5) is 0 Å². The minimum Gasteiger partial charge on any atom is -0.395 e. The molecule has 5 nitrogen and oxygen atoms in total. The number of nitrogens with zero attached hydrogens (tertiary/aromatic N) is 4. The third-order valence-corrected chi connectivity index (χ3v) is 4.03. The number of nitriles is 1. The Hall–Kier alpha value is -1.35. The van der Waals surface area contributed by atoms with Crippen LogP contribution in [-0.4, -0.2) is 58.8 Å². The Balaban J connectivity index is 1.94. The highest BCUT2D eigenvalue weighted by molar-refractivity contribution is 5.34. The highest BCUT2D eigenvalue weighted by Crippen LogP contribution is 2.16. The van der Waals surface area contributed by atoms with Crippen molar-refractivity contribution in [1.82, 2.24) is 14.4 Å². The first-order chi connectivity index (χ1) is 9.15. The first kappa shape index (κ1) is 14.1. The van der Waals surface area contributed by atoms with Gasteiger partial charge in [0.25, 0.3) is 0 Å². The minimum atomic E-state index is 0.239. The SMILES string of the molecule is Cc1c(CN2CCN(CCO)CC2)cc(C#N)n1C. The van der Waals surface area contributed by atoms with E-state index in [1.54, 1.807) is 0 Å². The topological polar surface area (TPSA) is 55.4 Å². The Kier molecular flexibility index (Phi) is 4.59. The molecular weight excluding hydrogens is 240 g/mol. The van der Waals surface area contributed by atoms with E-state index in [1.165, 1.54) is 11.3 Å². The molecule has 1 N–H and O–H groups in total. The van der Waals surface area contributed by atoms with Gasteiger partial charge in [0.1, 0.15) is 11.8 Å². The second-order valence-corrected chi connectivity index (χ2v) is 5.15. The number of aromatic nitrogens is 1. The first-order valence-corrected chi connectivity index (χ1v) is 6.76. The van der Waals surface area contributed by atoms with Crippen LogP contribution >= 0.6 is 0 Å². The van der Waals surface area contributed by atoms with Gasteiger partial charge in [-0.3, -0.25) is 9.80 Å². The molecular formula is C14H22N4O. The average Bonchev–Trinajstić information content (AvgIpc) is 2.69. The standard InChI is InChI=1S/C14H22N4O/c1-12-13(9-14(10-15)16(12)2)11-18-5-3-17(4-6-18)7-8-19/h9,19H,3-8,11H2,1-2H3. The van der Waals surface area contributed by atoms with E-state index in [-0.39, 0.29) is 6.61 Å². The number of piperazine rings is 1. The van der Waals surface area contributed by atoms with Gasteiger partial charge in [0.2, 0.25) is 0 Å². The number of β-amino-alcohol motifs (C(OH)–C–C–N with tert-alkyl or cyclic N) is 1. The highest BCUT2D eigenvalue weighted by atomic mass is 16.3. The lowest BCUT2D eigenvalue weighted by Gasteiger charge is -2.34. The number of hydrogen-bond acceptors (Lipinski definition) is 4. The van der Waals surface area contributed by atoms with E-state index in [0.717, 1.165) is 45.0 Å². The Labute approximate surface area is 114 Å². The van der Waals surface area contributed by atoms with Crippen LogP contribution in [0.15, 0.2) is 6.07 Å². The Bertz CT molecular complexity index is 467. The van der Waals surface area contributed by atoms with Crippen LogP contribution in [0.25, 0.3) is 0 Å². The van der Waals surface area contributed by atoms with E-state index in [0.29, 0.717) is 0 Å². The van der Waals surface area contributed by atoms with E-state index in [1.807, 2.05) is 17.7 Å². The lowest BCUT2D eigenvalue weighted by atomic mass is 10.2. The highest BCUT2D eigenvalue weighted by Gasteiger charge is 2.18. The lowest BCUT2D eigenvalue weighted by Crippen LogP contribution is -2.46. The van der Waals surface area contributed by atoms with Gasteiger partial charge in [-0.25, -0.2) is 0 Å². The summed E-state index contributed by atoms with van der Waals surface area (Å²) in [5.41, 5.74) is 3.15. The summed E-state index contributed by atoms with van der Waals surface area (Å²) in [7, 11) is 1.94. The third-order valence-electron chi connectivity index (χ3n) is 4.03. The molecule has 0 bridgehead atoms. The van der Waals surface area contributed by atoms with E-state index < -0.39 is 0 Å². The van der Waals surface area contributed by atoms with Crippen molar-refractivity contribution in [3.05, 3.63) is 23.0 Å². The maximum atomic E-state index is 9.04. The van der Waals surface area contributed by atoms with Crippen molar-refractivity contribution in [2.24, 2.45) is 7.05 Å². The Morgan fingerprint density at radius 1 is 1.26 bits per heavy atom. The molecule has 1 aromatic rings. The van der Waals surface area contributed by atoms with E-state index in [4.69, 9.17) is 10.4 Å². The van der Waals surface area contributed by atoms with Crippen molar-refractivity contribution in [3.63, 3.8) is 0 Å². The van der Waals surface area contributed by atoms with Crippen LogP contribution in [0.1, 0.15) is 17.0 Å². The molecule has 1 saturated heterocycles. The van der Waals surface area contributed by atoms with Gasteiger partial charge < -0.3 is 9.67 Å². The lowest BCUT2D eigenvalue weighted by molar-refractivity contribution is 0.108. The first-order valence-electron chi connectivity index (χ1n) is 6.76. The quantitative estimate of drug-likeness (QED) is 0.849. The summed E-state index contributed by atoms with van der Waals surface area (Å²) in [5, 5.41) is 18.0. The van der Waals surface area contributed by atoms with Gasteiger partial charge in [0.05, 0.1) is 6.61 Å². The molecule has 0 spiro atoms. The second-order valence-electron chi connectivity index (χ2n) is 5.15. The van der Waals surface area contributed by atoms with Crippen LogP contribution in [0, 0.1) is 18.3 Å². The molecule has 0 aromatic carbocycles. The molecule has 1 aromatic heterocycles. The smallest absolute Gasteiger partial charge is 0.120 e. The van der Waals surface area contributed by atoms with Crippen molar-refractivity contribution in [1.29, 1.82) is 5.26 Å². The number of aliphatic hydroxyl groups is 1. The fourth-order valence-corrected chi connectivity index (χ4v) is 2.58. The van der Waals surface area contributed by atoms with Gasteiger partial charge in [-0.15, -0.1) is 0 Å². The van der Waals surface area contributed by atoms with Crippen molar-refractivity contribution in [2.75, 3.05) is 39.3 Å². The van der Waals surface area contributed by atoms with Crippen molar-refractivity contribution in [3.8, 4) is 6.07 Å². The monoisotopic (exact) mass is 262 g/mol. The van der Waals surface area contributed by atoms with Gasteiger partial charge >= 0.3 is 0 Å². The fourth-order valence-electron chi connectivity index (χ4n) is 2.58. The number of hydrogen-bond donors (Lipinski definition) is 1. The molecule has 0 amide bonds. The largest absolute Gasteiger partial charge is 0.395 e. The van der Waals surface area contributed by atoms with Gasteiger partial charge in [-0.05, 0) is 18.6 Å². The summed E-state index contributed by atoms with van der Waals surface area (Å²) >= 11 is 0. The third kappa shape index (κ3) is 3.16. The van der Waals surface area contributed by atoms with E-state index in [2.05, 4.69) is 22.8 Å². The maximum Gasteiger partial charge on any atom is 0.120 e. The van der Waals surface area contributed by atoms with Gasteiger partial charge in [0.15, 0.2) is 0 Å². The van der Waals surface area contributed by atoms with Gasteiger partial charge in [-0.1, -0.05) is 0 Å². The molecule has 0 saturated carbocycles. The van der Waals surface area contributed by atoms with Gasteiger partial charge in [0, 0.05) is 52.0 Å². The zero-order chi connectivity index (χ0) is 13.8. The Morgan fingerprint density at radius 2 is 1.89 bits per heavy atom.